The Hall–Kier alpha value is -1.50. The van der Waals surface area contributed by atoms with Crippen LogP contribution in [0.4, 0.5) is 0 Å². The average Bonchev–Trinajstić information content (AvgIpc) is 2.58. The number of carbonyl (C=O) groups excluding carboxylic acids is 1. The average molecular weight is 305 g/mol. The van der Waals surface area contributed by atoms with Crippen molar-refractivity contribution >= 4 is 5.91 Å². The zero-order chi connectivity index (χ0) is 15.2. The van der Waals surface area contributed by atoms with E-state index in [-0.39, 0.29) is 11.9 Å². The number of nitrogens with one attached hydrogen (secondary N) is 1. The molecule has 1 atom stereocenters. The number of pyridine rings is 1. The summed E-state index contributed by atoms with van der Waals surface area (Å²) in [5, 5.41) is 3.09. The van der Waals surface area contributed by atoms with Crippen molar-refractivity contribution in [3.8, 4) is 0 Å². The van der Waals surface area contributed by atoms with E-state index in [0.29, 0.717) is 19.8 Å². The highest BCUT2D eigenvalue weighted by atomic mass is 16.6. The van der Waals surface area contributed by atoms with Gasteiger partial charge >= 0.3 is 0 Å². The molecule has 1 aromatic rings. The molecule has 3 heterocycles. The molecule has 0 radical (unpaired) electrons. The Morgan fingerprint density at radius 1 is 1.36 bits per heavy atom. The summed E-state index contributed by atoms with van der Waals surface area (Å²) in [6.07, 6.45) is 5.21. The zero-order valence-corrected chi connectivity index (χ0v) is 12.7. The molecule has 0 aliphatic carbocycles. The molecule has 1 aromatic heterocycles. The Balaban J connectivity index is 1.40. The summed E-state index contributed by atoms with van der Waals surface area (Å²) < 4.78 is 10.7. The standard InChI is InChI=1S/C16H23N3O3/c20-16(15-12-21-8-9-22-15)18-14-3-6-19(7-4-14)11-13-2-1-5-17-10-13/h1-2,5,10,14-15H,3-4,6-9,11-12H2,(H,18,20)/t15-/m0/s1. The minimum Gasteiger partial charge on any atom is -0.376 e. The van der Waals surface area contributed by atoms with E-state index >= 15 is 0 Å². The number of nitrogens with zero attached hydrogens (tertiary/aromatic N) is 2. The smallest absolute Gasteiger partial charge is 0.251 e. The lowest BCUT2D eigenvalue weighted by Crippen LogP contribution is -2.50. The Labute approximate surface area is 130 Å². The van der Waals surface area contributed by atoms with Crippen molar-refractivity contribution in [2.45, 2.75) is 31.5 Å². The topological polar surface area (TPSA) is 63.7 Å². The second-order valence-electron chi connectivity index (χ2n) is 5.85. The SMILES string of the molecule is O=C(NC1CCN(Cc2cccnc2)CC1)[C@@H]1COCCO1. The van der Waals surface area contributed by atoms with Crippen LogP contribution >= 0.6 is 0 Å². The van der Waals surface area contributed by atoms with Crippen molar-refractivity contribution in [2.75, 3.05) is 32.9 Å². The largest absolute Gasteiger partial charge is 0.376 e. The van der Waals surface area contributed by atoms with Crippen LogP contribution in [0.25, 0.3) is 0 Å². The van der Waals surface area contributed by atoms with Gasteiger partial charge in [-0.1, -0.05) is 6.07 Å². The number of piperidine rings is 1. The first-order chi connectivity index (χ1) is 10.8. The van der Waals surface area contributed by atoms with Gasteiger partial charge in [-0.2, -0.15) is 0 Å². The van der Waals surface area contributed by atoms with Crippen LogP contribution in [0.2, 0.25) is 0 Å². The maximum Gasteiger partial charge on any atom is 0.251 e. The van der Waals surface area contributed by atoms with Gasteiger partial charge in [-0.25, -0.2) is 0 Å². The molecule has 0 unspecified atom stereocenters. The normalized spacial score (nSPS) is 24.1. The number of hydrogen-bond donors (Lipinski definition) is 1. The molecule has 2 aliphatic rings. The van der Waals surface area contributed by atoms with Crippen LogP contribution in [-0.2, 0) is 20.8 Å². The number of likely N-dealkylation sites (tertiary alicyclic amines) is 1. The molecule has 120 valence electrons. The fourth-order valence-corrected chi connectivity index (χ4v) is 2.92. The van der Waals surface area contributed by atoms with Gasteiger partial charge in [0, 0.05) is 38.1 Å². The molecule has 6 nitrogen and oxygen atoms in total. The quantitative estimate of drug-likeness (QED) is 0.881. The Kier molecular flexibility index (Phi) is 5.37. The Bertz CT molecular complexity index is 469. The fourth-order valence-electron chi connectivity index (χ4n) is 2.92. The van der Waals surface area contributed by atoms with Crippen LogP contribution < -0.4 is 5.32 Å². The molecule has 1 amide bonds. The second-order valence-corrected chi connectivity index (χ2v) is 5.85. The van der Waals surface area contributed by atoms with Gasteiger partial charge in [0.2, 0.25) is 0 Å². The second kappa shape index (κ2) is 7.67. The van der Waals surface area contributed by atoms with Crippen LogP contribution in [0.1, 0.15) is 18.4 Å². The van der Waals surface area contributed by atoms with Crippen molar-refractivity contribution in [1.82, 2.24) is 15.2 Å². The summed E-state index contributed by atoms with van der Waals surface area (Å²) in [4.78, 5) is 18.7. The van der Waals surface area contributed by atoms with E-state index in [1.54, 1.807) is 6.20 Å². The van der Waals surface area contributed by atoms with Gasteiger partial charge in [0.15, 0.2) is 6.10 Å². The van der Waals surface area contributed by atoms with Crippen molar-refractivity contribution in [3.63, 3.8) is 0 Å². The molecule has 6 heteroatoms. The highest BCUT2D eigenvalue weighted by Gasteiger charge is 2.26. The van der Waals surface area contributed by atoms with Crippen molar-refractivity contribution in [3.05, 3.63) is 30.1 Å². The van der Waals surface area contributed by atoms with Crippen LogP contribution in [0.3, 0.4) is 0 Å². The van der Waals surface area contributed by atoms with Gasteiger partial charge in [0.1, 0.15) is 0 Å². The lowest BCUT2D eigenvalue weighted by molar-refractivity contribution is -0.148. The van der Waals surface area contributed by atoms with Crippen LogP contribution in [0.5, 0.6) is 0 Å². The third-order valence-corrected chi connectivity index (χ3v) is 4.17. The number of ether oxygens (including phenoxy) is 2. The van der Waals surface area contributed by atoms with Gasteiger partial charge in [-0.15, -0.1) is 0 Å². The van der Waals surface area contributed by atoms with Crippen LogP contribution in [0.15, 0.2) is 24.5 Å². The molecule has 2 aliphatic heterocycles. The third kappa shape index (κ3) is 4.25. The molecular weight excluding hydrogens is 282 g/mol. The summed E-state index contributed by atoms with van der Waals surface area (Å²) in [6, 6.07) is 4.30. The van der Waals surface area contributed by atoms with Gasteiger partial charge < -0.3 is 14.8 Å². The monoisotopic (exact) mass is 305 g/mol. The van der Waals surface area contributed by atoms with Gasteiger partial charge in [-0.3, -0.25) is 14.7 Å². The molecule has 0 saturated carbocycles. The lowest BCUT2D eigenvalue weighted by Gasteiger charge is -2.33. The predicted octanol–water partition coefficient (Wildman–Crippen LogP) is 0.578. The minimum atomic E-state index is -0.442. The summed E-state index contributed by atoms with van der Waals surface area (Å²) >= 11 is 0. The van der Waals surface area contributed by atoms with E-state index in [0.717, 1.165) is 32.5 Å². The fraction of sp³-hybridized carbons (Fsp3) is 0.625. The van der Waals surface area contributed by atoms with E-state index in [1.807, 2.05) is 12.3 Å². The molecule has 0 spiro atoms. The molecule has 0 aromatic carbocycles. The molecule has 0 bridgehead atoms. The Morgan fingerprint density at radius 2 is 2.23 bits per heavy atom. The molecule has 2 fully saturated rings. The summed E-state index contributed by atoms with van der Waals surface area (Å²) in [5.41, 5.74) is 1.23. The molecule has 1 N–H and O–H groups in total. The maximum absolute atomic E-state index is 12.1. The first-order valence-corrected chi connectivity index (χ1v) is 7.92. The number of rotatable bonds is 4. The Morgan fingerprint density at radius 3 is 2.91 bits per heavy atom. The van der Waals surface area contributed by atoms with Gasteiger partial charge in [0.05, 0.1) is 19.8 Å². The van der Waals surface area contributed by atoms with Crippen LogP contribution in [-0.4, -0.2) is 60.8 Å². The number of aromatic nitrogens is 1. The van der Waals surface area contributed by atoms with E-state index in [2.05, 4.69) is 21.3 Å². The minimum absolute atomic E-state index is 0.0367. The van der Waals surface area contributed by atoms with Gasteiger partial charge in [-0.05, 0) is 24.5 Å². The van der Waals surface area contributed by atoms with Crippen LogP contribution in [0, 0.1) is 0 Å². The first kappa shape index (κ1) is 15.4. The molecule has 3 rings (SSSR count). The van der Waals surface area contributed by atoms with Crippen molar-refractivity contribution < 1.29 is 14.3 Å². The van der Waals surface area contributed by atoms with Crippen molar-refractivity contribution in [1.29, 1.82) is 0 Å². The van der Waals surface area contributed by atoms with E-state index in [1.165, 1.54) is 5.56 Å². The molecular formula is C16H23N3O3. The van der Waals surface area contributed by atoms with Gasteiger partial charge in [0.25, 0.3) is 5.91 Å². The number of amides is 1. The lowest BCUT2D eigenvalue weighted by atomic mass is 10.0. The summed E-state index contributed by atoms with van der Waals surface area (Å²) in [7, 11) is 0. The highest BCUT2D eigenvalue weighted by molar-refractivity contribution is 5.81. The highest BCUT2D eigenvalue weighted by Crippen LogP contribution is 2.14. The molecule has 2 saturated heterocycles. The first-order valence-electron chi connectivity index (χ1n) is 7.92. The van der Waals surface area contributed by atoms with E-state index in [4.69, 9.17) is 9.47 Å². The molecule has 22 heavy (non-hydrogen) atoms. The number of carbonyl (C=O) groups is 1. The number of hydrogen-bond acceptors (Lipinski definition) is 5. The van der Waals surface area contributed by atoms with E-state index in [9.17, 15) is 4.79 Å². The maximum atomic E-state index is 12.1. The third-order valence-electron chi connectivity index (χ3n) is 4.17. The van der Waals surface area contributed by atoms with E-state index < -0.39 is 6.10 Å². The summed E-state index contributed by atoms with van der Waals surface area (Å²) in [5.74, 6) is -0.0367. The predicted molar refractivity (Wildman–Crippen MR) is 81.2 cm³/mol. The summed E-state index contributed by atoms with van der Waals surface area (Å²) in [6.45, 7) is 4.35. The van der Waals surface area contributed by atoms with Crippen molar-refractivity contribution in [2.24, 2.45) is 0 Å². The zero-order valence-electron chi connectivity index (χ0n) is 12.7.